The number of amidine groups is 1. The number of ether oxygens (including phenoxy) is 1. The van der Waals surface area contributed by atoms with Crippen molar-refractivity contribution in [2.45, 2.75) is 73.5 Å². The molecular formula is C28H38N6O6S. The highest BCUT2D eigenvalue weighted by Gasteiger charge is 2.36. The number of sulfonamides is 1. The van der Waals surface area contributed by atoms with Crippen molar-refractivity contribution in [3.05, 3.63) is 33.7 Å². The van der Waals surface area contributed by atoms with Crippen LogP contribution in [0.25, 0.3) is 6.08 Å². The molecule has 0 saturated heterocycles. The highest BCUT2D eigenvalue weighted by molar-refractivity contribution is 7.88. The number of amides is 2. The predicted octanol–water partition coefficient (Wildman–Crippen LogP) is 3.16. The summed E-state index contributed by atoms with van der Waals surface area (Å²) in [6.07, 6.45) is 4.20. The predicted molar refractivity (Wildman–Crippen MR) is 155 cm³/mol. The van der Waals surface area contributed by atoms with Crippen LogP contribution in [0.4, 0.5) is 5.82 Å². The Hall–Kier alpha value is -3.76. The van der Waals surface area contributed by atoms with Crippen molar-refractivity contribution in [1.82, 2.24) is 15.0 Å². The molecule has 41 heavy (non-hydrogen) atoms. The Morgan fingerprint density at radius 1 is 1.15 bits per heavy atom. The van der Waals surface area contributed by atoms with E-state index in [0.29, 0.717) is 28.4 Å². The number of carbonyl (C=O) groups is 3. The number of carbonyl (C=O) groups excluding carboxylic acids is 3. The minimum atomic E-state index is -3.63. The molecule has 3 rings (SSSR count). The number of hydrogen-bond donors (Lipinski definition) is 4. The zero-order valence-electron chi connectivity index (χ0n) is 24.6. The Labute approximate surface area is 240 Å². The number of nitriles is 1. The van der Waals surface area contributed by atoms with E-state index in [9.17, 15) is 28.1 Å². The van der Waals surface area contributed by atoms with Crippen LogP contribution >= 0.6 is 0 Å². The zero-order valence-corrected chi connectivity index (χ0v) is 25.4. The Bertz CT molecular complexity index is 1480. The molecule has 1 aromatic rings. The molecular weight excluding hydrogens is 548 g/mol. The summed E-state index contributed by atoms with van der Waals surface area (Å²) in [5.74, 6) is -0.521. The normalized spacial score (nSPS) is 24.5. The summed E-state index contributed by atoms with van der Waals surface area (Å²) in [6, 6.07) is 0.919. The van der Waals surface area contributed by atoms with Gasteiger partial charge in [-0.15, -0.1) is 0 Å². The van der Waals surface area contributed by atoms with Gasteiger partial charge in [-0.1, -0.05) is 20.8 Å². The lowest BCUT2D eigenvalue weighted by atomic mass is 9.75. The van der Waals surface area contributed by atoms with Gasteiger partial charge in [-0.3, -0.25) is 9.59 Å². The zero-order chi connectivity index (χ0) is 30.8. The number of esters is 1. The number of allylic oxidation sites excluding steroid dienone is 1. The van der Waals surface area contributed by atoms with E-state index >= 15 is 0 Å². The highest BCUT2D eigenvalue weighted by Crippen LogP contribution is 2.37. The second-order valence-corrected chi connectivity index (χ2v) is 13.0. The molecule has 12 nitrogen and oxygen atoms in total. The maximum atomic E-state index is 13.5. The van der Waals surface area contributed by atoms with Gasteiger partial charge in [-0.25, -0.2) is 22.9 Å². The number of nitrogens with zero attached hydrogens (tertiary/aromatic N) is 2. The van der Waals surface area contributed by atoms with E-state index < -0.39 is 27.9 Å². The van der Waals surface area contributed by atoms with Crippen molar-refractivity contribution in [2.24, 2.45) is 22.7 Å². The Kier molecular flexibility index (Phi) is 9.61. The molecule has 1 aliphatic carbocycles. The maximum Gasteiger partial charge on any atom is 0.342 e. The average Bonchev–Trinajstić information content (AvgIpc) is 3.29. The van der Waals surface area contributed by atoms with Gasteiger partial charge in [0, 0.05) is 12.6 Å². The van der Waals surface area contributed by atoms with Gasteiger partial charge in [0.1, 0.15) is 23.6 Å². The summed E-state index contributed by atoms with van der Waals surface area (Å²) in [6.45, 7) is 12.4. The van der Waals surface area contributed by atoms with Crippen LogP contribution in [0.5, 0.6) is 0 Å². The van der Waals surface area contributed by atoms with E-state index in [0.717, 1.165) is 19.1 Å². The molecule has 222 valence electrons. The van der Waals surface area contributed by atoms with Gasteiger partial charge < -0.3 is 20.4 Å². The molecule has 3 atom stereocenters. The summed E-state index contributed by atoms with van der Waals surface area (Å²) in [7, 11) is -3.63. The van der Waals surface area contributed by atoms with Gasteiger partial charge >= 0.3 is 5.97 Å². The number of H-pyrrole nitrogens is 1. The van der Waals surface area contributed by atoms with Crippen molar-refractivity contribution in [1.29, 1.82) is 5.26 Å². The summed E-state index contributed by atoms with van der Waals surface area (Å²) in [4.78, 5) is 45.4. The Morgan fingerprint density at radius 3 is 2.29 bits per heavy atom. The number of anilines is 1. The molecule has 2 aliphatic rings. The van der Waals surface area contributed by atoms with Crippen LogP contribution in [0, 0.1) is 36.0 Å². The summed E-state index contributed by atoms with van der Waals surface area (Å²) >= 11 is 0. The number of rotatable bonds is 7. The van der Waals surface area contributed by atoms with E-state index in [-0.39, 0.29) is 46.6 Å². The average molecular weight is 587 g/mol. The van der Waals surface area contributed by atoms with Gasteiger partial charge in [-0.05, 0) is 68.6 Å². The lowest BCUT2D eigenvalue weighted by Gasteiger charge is -2.37. The van der Waals surface area contributed by atoms with E-state index in [2.05, 4.69) is 46.1 Å². The van der Waals surface area contributed by atoms with Crippen LogP contribution in [0.2, 0.25) is 0 Å². The molecule has 3 unspecified atom stereocenters. The second kappa shape index (κ2) is 12.4. The molecule has 0 spiro atoms. The summed E-state index contributed by atoms with van der Waals surface area (Å²) < 4.78 is 31.2. The highest BCUT2D eigenvalue weighted by atomic mass is 32.2. The first kappa shape index (κ1) is 31.8. The number of hydrogen-bond acceptors (Lipinski definition) is 8. The first-order valence-electron chi connectivity index (χ1n) is 13.4. The molecule has 0 aromatic carbocycles. The third-order valence-electron chi connectivity index (χ3n) is 7.35. The number of nitrogens with one attached hydrogen (secondary N) is 4. The maximum absolute atomic E-state index is 13.5. The molecule has 0 bridgehead atoms. The molecule has 2 amide bonds. The molecule has 0 radical (unpaired) electrons. The minimum Gasteiger partial charge on any atom is -0.458 e. The Morgan fingerprint density at radius 2 is 1.76 bits per heavy atom. The third-order valence-corrected chi connectivity index (χ3v) is 8.14. The van der Waals surface area contributed by atoms with Gasteiger partial charge in [0.15, 0.2) is 5.84 Å². The van der Waals surface area contributed by atoms with Gasteiger partial charge in [0.25, 0.3) is 0 Å². The largest absolute Gasteiger partial charge is 0.458 e. The third kappa shape index (κ3) is 7.51. The van der Waals surface area contributed by atoms with Crippen LogP contribution in [-0.2, 0) is 24.3 Å². The first-order valence-corrected chi connectivity index (χ1v) is 15.3. The lowest BCUT2D eigenvalue weighted by molar-refractivity contribution is -0.121. The van der Waals surface area contributed by atoms with Crippen LogP contribution in [0.3, 0.4) is 0 Å². The summed E-state index contributed by atoms with van der Waals surface area (Å²) in [5.41, 5.74) is 2.07. The monoisotopic (exact) mass is 586 g/mol. The molecule has 13 heteroatoms. The van der Waals surface area contributed by atoms with Crippen molar-refractivity contribution in [3.8, 4) is 6.07 Å². The molecule has 1 saturated carbocycles. The lowest BCUT2D eigenvalue weighted by Crippen LogP contribution is -2.46. The fraction of sp³-hybridized carbons (Fsp3) is 0.536. The summed E-state index contributed by atoms with van der Waals surface area (Å²) in [5, 5.41) is 14.9. The second-order valence-electron chi connectivity index (χ2n) is 11.2. The van der Waals surface area contributed by atoms with Crippen LogP contribution in [0.1, 0.15) is 76.0 Å². The molecule has 4 N–H and O–H groups in total. The van der Waals surface area contributed by atoms with E-state index in [1.54, 1.807) is 19.9 Å². The van der Waals surface area contributed by atoms with Crippen molar-refractivity contribution in [2.75, 3.05) is 11.6 Å². The molecule has 1 fully saturated rings. The van der Waals surface area contributed by atoms with Crippen molar-refractivity contribution in [3.63, 3.8) is 0 Å². The van der Waals surface area contributed by atoms with Gasteiger partial charge in [0.2, 0.25) is 21.8 Å². The standard InChI is InChI=1S/C28H38N6O6S/c1-13-9-14(2)24(15(3)10-13)40-28(37)23-17(5)22(32-26(23)30-19(7)35)11-21-16(4)20(12-29)25(31-21)33-27(36)18(6)34-41(8,38)39/h11,13-15,18,24,32,34H,9-10H2,1-8H3,(H,30,35)(H,31,33,36). The van der Waals surface area contributed by atoms with E-state index in [4.69, 9.17) is 4.74 Å². The van der Waals surface area contributed by atoms with Gasteiger partial charge in [-0.2, -0.15) is 5.26 Å². The SMILES string of the molecule is CC(=O)Nc1[nH]c(C=C2N=C(NC(=O)C(C)NS(C)(=O)=O)C(C#N)=C2C)c(C)c1C(=O)OC1C(C)CC(C)CC1C. The fourth-order valence-electron chi connectivity index (χ4n) is 5.56. The Balaban J connectivity index is 1.96. The van der Waals surface area contributed by atoms with Crippen molar-refractivity contribution >= 4 is 45.5 Å². The fourth-order valence-corrected chi connectivity index (χ4v) is 6.31. The van der Waals surface area contributed by atoms with E-state index in [1.165, 1.54) is 13.8 Å². The molecule has 1 aliphatic heterocycles. The number of aromatic amines is 1. The van der Waals surface area contributed by atoms with Gasteiger partial charge in [0.05, 0.1) is 23.6 Å². The number of aliphatic imine (C=N–C) groups is 1. The quantitative estimate of drug-likeness (QED) is 0.354. The van der Waals surface area contributed by atoms with Crippen molar-refractivity contribution < 1.29 is 27.5 Å². The van der Waals surface area contributed by atoms with Crippen LogP contribution in [0.15, 0.2) is 21.8 Å². The molecule has 1 aromatic heterocycles. The topological polar surface area (TPSA) is 183 Å². The van der Waals surface area contributed by atoms with Crippen LogP contribution in [-0.4, -0.2) is 55.4 Å². The van der Waals surface area contributed by atoms with Crippen LogP contribution < -0.4 is 15.4 Å². The smallest absolute Gasteiger partial charge is 0.342 e. The molecule has 2 heterocycles. The minimum absolute atomic E-state index is 0.0242. The number of aromatic nitrogens is 1. The first-order chi connectivity index (χ1) is 19.0. The van der Waals surface area contributed by atoms with E-state index in [1.807, 2.05) is 6.07 Å².